The van der Waals surface area contributed by atoms with Crippen molar-refractivity contribution in [2.45, 2.75) is 4.90 Å². The molecule has 0 aromatic heterocycles. The Kier molecular flexibility index (Phi) is 3.97. The van der Waals surface area contributed by atoms with E-state index in [0.29, 0.717) is 0 Å². The highest BCUT2D eigenvalue weighted by molar-refractivity contribution is 9.10. The smallest absolute Gasteiger partial charge is 0.327 e. The molecule has 7 nitrogen and oxygen atoms in total. The Morgan fingerprint density at radius 3 is 2.47 bits per heavy atom. The number of halogens is 2. The van der Waals surface area contributed by atoms with Crippen LogP contribution in [0.3, 0.4) is 0 Å². The number of nitrogens with zero attached hydrogens (tertiary/aromatic N) is 1. The average molecular weight is 346 g/mol. The van der Waals surface area contributed by atoms with E-state index in [1.165, 1.54) is 7.11 Å². The molecule has 1 aromatic carbocycles. The van der Waals surface area contributed by atoms with Crippen molar-refractivity contribution in [2.75, 3.05) is 7.11 Å². The van der Waals surface area contributed by atoms with Crippen molar-refractivity contribution in [1.29, 1.82) is 0 Å². The molecule has 2 N–H and O–H groups in total. The summed E-state index contributed by atoms with van der Waals surface area (Å²) in [5.74, 6) is -0.240. The van der Waals surface area contributed by atoms with Gasteiger partial charge in [0.15, 0.2) is 0 Å². The highest BCUT2D eigenvalue weighted by atomic mass is 79.9. The van der Waals surface area contributed by atoms with Crippen LogP contribution < -0.4 is 9.88 Å². The molecule has 0 aliphatic carbocycles. The number of rotatable bonds is 3. The maximum absolute atomic E-state index is 11.2. The number of sulfonamides is 1. The standard InChI is InChI=1S/C7H6BrClN2O5S/c1-16-7-3(9)2-4(17(10,14)15)5(8)6(7)11(12)13/h2H,1H3,(H2,10,14,15). The van der Waals surface area contributed by atoms with Crippen molar-refractivity contribution in [3.05, 3.63) is 25.7 Å². The normalized spacial score (nSPS) is 11.3. The van der Waals surface area contributed by atoms with Crippen molar-refractivity contribution < 1.29 is 18.1 Å². The topological polar surface area (TPSA) is 113 Å². The van der Waals surface area contributed by atoms with Gasteiger partial charge in [0.1, 0.15) is 9.37 Å². The number of methoxy groups -OCH3 is 1. The lowest BCUT2D eigenvalue weighted by Crippen LogP contribution is -2.14. The van der Waals surface area contributed by atoms with E-state index < -0.39 is 25.5 Å². The van der Waals surface area contributed by atoms with Crippen LogP contribution in [0.5, 0.6) is 5.75 Å². The fourth-order valence-electron chi connectivity index (χ4n) is 1.14. The first kappa shape index (κ1) is 14.2. The summed E-state index contributed by atoms with van der Waals surface area (Å²) in [5.41, 5.74) is -0.593. The van der Waals surface area contributed by atoms with Gasteiger partial charge >= 0.3 is 5.69 Å². The second-order valence-electron chi connectivity index (χ2n) is 2.85. The molecule has 0 saturated carbocycles. The zero-order chi connectivity index (χ0) is 13.4. The average Bonchev–Trinajstić information content (AvgIpc) is 2.17. The summed E-state index contributed by atoms with van der Waals surface area (Å²) in [4.78, 5) is 9.54. The highest BCUT2D eigenvalue weighted by Gasteiger charge is 2.29. The number of nitrogens with two attached hydrogens (primary N) is 1. The summed E-state index contributed by atoms with van der Waals surface area (Å²) in [6.07, 6.45) is 0. The second-order valence-corrected chi connectivity index (χ2v) is 5.58. The van der Waals surface area contributed by atoms with Crippen LogP contribution in [0.25, 0.3) is 0 Å². The Labute approximate surface area is 110 Å². The van der Waals surface area contributed by atoms with Gasteiger partial charge in [-0.05, 0) is 22.0 Å². The number of hydrogen-bond donors (Lipinski definition) is 1. The summed E-state index contributed by atoms with van der Waals surface area (Å²) >= 11 is 8.49. The number of nitro groups is 1. The van der Waals surface area contributed by atoms with E-state index in [4.69, 9.17) is 21.5 Å². The van der Waals surface area contributed by atoms with Gasteiger partial charge in [-0.3, -0.25) is 10.1 Å². The van der Waals surface area contributed by atoms with Crippen molar-refractivity contribution in [2.24, 2.45) is 5.14 Å². The van der Waals surface area contributed by atoms with E-state index in [1.54, 1.807) is 0 Å². The maximum Gasteiger partial charge on any atom is 0.327 e. The summed E-state index contributed by atoms with van der Waals surface area (Å²) < 4.78 is 26.9. The minimum Gasteiger partial charge on any atom is -0.489 e. The van der Waals surface area contributed by atoms with E-state index in [9.17, 15) is 18.5 Å². The molecule has 1 rings (SSSR count). The first-order valence-corrected chi connectivity index (χ1v) is 6.65. The van der Waals surface area contributed by atoms with Crippen LogP contribution in [0, 0.1) is 10.1 Å². The van der Waals surface area contributed by atoms with Crippen LogP contribution in [0.4, 0.5) is 5.69 Å². The Hall–Kier alpha value is -0.900. The third-order valence-electron chi connectivity index (χ3n) is 1.81. The molecule has 0 spiro atoms. The SMILES string of the molecule is COc1c(Cl)cc(S(N)(=O)=O)c(Br)c1[N+](=O)[O-]. The first-order valence-electron chi connectivity index (χ1n) is 3.93. The van der Waals surface area contributed by atoms with Gasteiger partial charge < -0.3 is 4.74 Å². The number of ether oxygens (including phenoxy) is 1. The molecule has 0 radical (unpaired) electrons. The van der Waals surface area contributed by atoms with Crippen LogP contribution in [-0.4, -0.2) is 20.5 Å². The number of hydrogen-bond acceptors (Lipinski definition) is 5. The predicted octanol–water partition coefficient (Wildman–Crippen LogP) is 1.67. The molecule has 0 aliphatic rings. The largest absolute Gasteiger partial charge is 0.489 e. The number of primary sulfonamides is 1. The van der Waals surface area contributed by atoms with Crippen molar-refractivity contribution in [1.82, 2.24) is 0 Å². The molecule has 0 bridgehead atoms. The lowest BCUT2D eigenvalue weighted by molar-refractivity contribution is -0.386. The van der Waals surface area contributed by atoms with Gasteiger partial charge in [0.25, 0.3) is 0 Å². The lowest BCUT2D eigenvalue weighted by atomic mass is 10.3. The summed E-state index contributed by atoms with van der Waals surface area (Å²) in [6, 6.07) is 0.979. The molecule has 0 atom stereocenters. The van der Waals surface area contributed by atoms with Crippen molar-refractivity contribution in [3.8, 4) is 5.75 Å². The van der Waals surface area contributed by atoms with Crippen LogP contribution in [0.1, 0.15) is 0 Å². The quantitative estimate of drug-likeness (QED) is 0.661. The van der Waals surface area contributed by atoms with Gasteiger partial charge in [-0.2, -0.15) is 0 Å². The molecular weight excluding hydrogens is 340 g/mol. The molecular formula is C7H6BrClN2O5S. The summed E-state index contributed by atoms with van der Waals surface area (Å²) in [5, 5.41) is 15.5. The minimum absolute atomic E-state index is 0.216. The summed E-state index contributed by atoms with van der Waals surface area (Å²) in [7, 11) is -2.95. The Morgan fingerprint density at radius 2 is 2.12 bits per heavy atom. The van der Waals surface area contributed by atoms with E-state index in [0.717, 1.165) is 6.07 Å². The Balaban J connectivity index is 3.79. The number of nitro benzene ring substituents is 1. The van der Waals surface area contributed by atoms with Gasteiger partial charge in [-0.25, -0.2) is 13.6 Å². The fraction of sp³-hybridized carbons (Fsp3) is 0.143. The molecule has 0 amide bonds. The van der Waals surface area contributed by atoms with Crippen LogP contribution >= 0.6 is 27.5 Å². The lowest BCUT2D eigenvalue weighted by Gasteiger charge is -2.08. The molecule has 0 heterocycles. The fourth-order valence-corrected chi connectivity index (χ4v) is 3.22. The third kappa shape index (κ3) is 2.68. The van der Waals surface area contributed by atoms with E-state index in [-0.39, 0.29) is 15.2 Å². The van der Waals surface area contributed by atoms with Crippen molar-refractivity contribution >= 4 is 43.2 Å². The first-order chi connectivity index (χ1) is 7.70. The molecule has 17 heavy (non-hydrogen) atoms. The summed E-state index contributed by atoms with van der Waals surface area (Å²) in [6.45, 7) is 0. The number of benzene rings is 1. The second kappa shape index (κ2) is 4.77. The Bertz CT molecular complexity index is 588. The molecule has 0 fully saturated rings. The van der Waals surface area contributed by atoms with Crippen LogP contribution in [-0.2, 0) is 10.0 Å². The van der Waals surface area contributed by atoms with E-state index in [2.05, 4.69) is 15.9 Å². The third-order valence-corrected chi connectivity index (χ3v) is 4.09. The maximum atomic E-state index is 11.2. The Morgan fingerprint density at radius 1 is 1.59 bits per heavy atom. The molecule has 0 aliphatic heterocycles. The molecule has 1 aromatic rings. The molecule has 0 unspecified atom stereocenters. The zero-order valence-corrected chi connectivity index (χ0v) is 11.5. The van der Waals surface area contributed by atoms with Crippen molar-refractivity contribution in [3.63, 3.8) is 0 Å². The van der Waals surface area contributed by atoms with Crippen LogP contribution in [0.2, 0.25) is 5.02 Å². The van der Waals surface area contributed by atoms with Gasteiger partial charge in [-0.1, -0.05) is 11.6 Å². The molecule has 10 heteroatoms. The monoisotopic (exact) mass is 344 g/mol. The highest BCUT2D eigenvalue weighted by Crippen LogP contribution is 2.43. The van der Waals surface area contributed by atoms with Gasteiger partial charge in [0, 0.05) is 0 Å². The van der Waals surface area contributed by atoms with E-state index in [1.807, 2.05) is 0 Å². The molecule has 94 valence electrons. The van der Waals surface area contributed by atoms with E-state index >= 15 is 0 Å². The van der Waals surface area contributed by atoms with Gasteiger partial charge in [0.05, 0.1) is 17.1 Å². The predicted molar refractivity (Wildman–Crippen MR) is 63.7 cm³/mol. The van der Waals surface area contributed by atoms with Gasteiger partial charge in [-0.15, -0.1) is 0 Å². The molecule has 0 saturated heterocycles. The van der Waals surface area contributed by atoms with Crippen LogP contribution in [0.15, 0.2) is 15.4 Å². The minimum atomic E-state index is -4.13. The van der Waals surface area contributed by atoms with Gasteiger partial charge in [0.2, 0.25) is 15.8 Å². The zero-order valence-electron chi connectivity index (χ0n) is 8.31.